The van der Waals surface area contributed by atoms with Gasteiger partial charge in [0.25, 0.3) is 0 Å². The fourth-order valence-corrected chi connectivity index (χ4v) is 2.81. The lowest BCUT2D eigenvalue weighted by atomic mass is 9.97. The number of halogens is 1. The van der Waals surface area contributed by atoms with Crippen LogP contribution in [0.5, 0.6) is 5.75 Å². The van der Waals surface area contributed by atoms with Crippen LogP contribution in [0.3, 0.4) is 0 Å². The minimum atomic E-state index is -0.610. The number of aliphatic hydroxyl groups is 1. The van der Waals surface area contributed by atoms with E-state index in [4.69, 9.17) is 4.74 Å². The molecule has 0 aliphatic rings. The summed E-state index contributed by atoms with van der Waals surface area (Å²) in [6, 6.07) is 20.7. The third kappa shape index (κ3) is 4.41. The topological polar surface area (TPSA) is 46.5 Å². The van der Waals surface area contributed by atoms with Crippen LogP contribution < -0.4 is 4.74 Å². The van der Waals surface area contributed by atoms with Gasteiger partial charge in [-0.2, -0.15) is 0 Å². The van der Waals surface area contributed by atoms with Gasteiger partial charge in [0.2, 0.25) is 0 Å². The Labute approximate surface area is 158 Å². The number of rotatable bonds is 5. The van der Waals surface area contributed by atoms with Gasteiger partial charge in [0, 0.05) is 5.56 Å². The van der Waals surface area contributed by atoms with Gasteiger partial charge in [-0.1, -0.05) is 54.6 Å². The number of aliphatic hydroxyl groups excluding tert-OH is 1. The van der Waals surface area contributed by atoms with Gasteiger partial charge in [-0.15, -0.1) is 0 Å². The normalized spacial score (nSPS) is 13.0. The van der Waals surface area contributed by atoms with Crippen LogP contribution in [0.25, 0.3) is 11.1 Å². The van der Waals surface area contributed by atoms with E-state index in [0.29, 0.717) is 16.9 Å². The highest BCUT2D eigenvalue weighted by molar-refractivity contribution is 5.80. The first-order valence-corrected chi connectivity index (χ1v) is 8.80. The highest BCUT2D eigenvalue weighted by Crippen LogP contribution is 2.27. The van der Waals surface area contributed by atoms with Crippen molar-refractivity contribution in [2.24, 2.45) is 0 Å². The fourth-order valence-electron chi connectivity index (χ4n) is 2.81. The molecule has 3 nitrogen and oxygen atoms in total. The molecular weight excluding hydrogens is 343 g/mol. The van der Waals surface area contributed by atoms with Crippen molar-refractivity contribution in [3.05, 3.63) is 89.7 Å². The maximum atomic E-state index is 14.5. The Morgan fingerprint density at radius 3 is 2.15 bits per heavy atom. The Hall–Kier alpha value is -2.98. The lowest BCUT2D eigenvalue weighted by molar-refractivity contribution is -0.135. The van der Waals surface area contributed by atoms with E-state index in [-0.39, 0.29) is 5.82 Å². The molecule has 0 fully saturated rings. The molecule has 138 valence electrons. The second-order valence-corrected chi connectivity index (χ2v) is 6.49. The van der Waals surface area contributed by atoms with Crippen molar-refractivity contribution in [2.45, 2.75) is 25.9 Å². The number of esters is 1. The van der Waals surface area contributed by atoms with Crippen LogP contribution in [-0.2, 0) is 4.79 Å². The van der Waals surface area contributed by atoms with Crippen LogP contribution in [0.2, 0.25) is 0 Å². The molecule has 0 saturated carbocycles. The van der Waals surface area contributed by atoms with Crippen molar-refractivity contribution >= 4 is 5.97 Å². The Morgan fingerprint density at radius 1 is 0.926 bits per heavy atom. The van der Waals surface area contributed by atoms with Gasteiger partial charge in [0.1, 0.15) is 11.6 Å². The predicted octanol–water partition coefficient (Wildman–Crippen LogP) is 5.26. The van der Waals surface area contributed by atoms with Crippen molar-refractivity contribution in [1.29, 1.82) is 0 Å². The van der Waals surface area contributed by atoms with Gasteiger partial charge in [0.15, 0.2) is 0 Å². The van der Waals surface area contributed by atoms with Gasteiger partial charge >= 0.3 is 5.97 Å². The maximum Gasteiger partial charge on any atom is 0.318 e. The summed E-state index contributed by atoms with van der Waals surface area (Å²) in [7, 11) is 0. The summed E-state index contributed by atoms with van der Waals surface area (Å²) in [5.74, 6) is -1.07. The standard InChI is InChI=1S/C23H21FO3/c1-15(23(26)27-20-11-8-17(9-12-20)16(2)25)19-10-13-21(22(24)14-19)18-6-4-3-5-7-18/h3-16,25H,1-2H3. The smallest absolute Gasteiger partial charge is 0.318 e. The van der Waals surface area contributed by atoms with E-state index in [9.17, 15) is 14.3 Å². The third-order valence-corrected chi connectivity index (χ3v) is 4.51. The van der Waals surface area contributed by atoms with Gasteiger partial charge in [-0.3, -0.25) is 4.79 Å². The van der Waals surface area contributed by atoms with Crippen molar-refractivity contribution in [2.75, 3.05) is 0 Å². The molecule has 3 aromatic carbocycles. The average Bonchev–Trinajstić information content (AvgIpc) is 2.68. The lowest BCUT2D eigenvalue weighted by Crippen LogP contribution is -2.16. The zero-order valence-corrected chi connectivity index (χ0v) is 15.2. The van der Waals surface area contributed by atoms with E-state index in [1.807, 2.05) is 30.3 Å². The lowest BCUT2D eigenvalue weighted by Gasteiger charge is -2.13. The van der Waals surface area contributed by atoms with Crippen molar-refractivity contribution in [3.8, 4) is 16.9 Å². The summed E-state index contributed by atoms with van der Waals surface area (Å²) in [5.41, 5.74) is 2.57. The molecular formula is C23H21FO3. The molecule has 0 heterocycles. The molecule has 0 aromatic heterocycles. The van der Waals surface area contributed by atoms with E-state index in [1.165, 1.54) is 6.07 Å². The van der Waals surface area contributed by atoms with Crippen LogP contribution in [-0.4, -0.2) is 11.1 Å². The molecule has 0 aliphatic heterocycles. The summed E-state index contributed by atoms with van der Waals surface area (Å²) in [6.45, 7) is 3.35. The second-order valence-electron chi connectivity index (χ2n) is 6.49. The van der Waals surface area contributed by atoms with Crippen molar-refractivity contribution in [3.63, 3.8) is 0 Å². The molecule has 1 N–H and O–H groups in total. The first kappa shape index (κ1) is 18.8. The van der Waals surface area contributed by atoms with Crippen LogP contribution >= 0.6 is 0 Å². The molecule has 0 saturated heterocycles. The Kier molecular flexibility index (Phi) is 5.67. The molecule has 4 heteroatoms. The highest BCUT2D eigenvalue weighted by Gasteiger charge is 2.19. The van der Waals surface area contributed by atoms with Gasteiger partial charge in [-0.05, 0) is 48.7 Å². The van der Waals surface area contributed by atoms with Crippen LogP contribution in [0, 0.1) is 5.82 Å². The molecule has 0 bridgehead atoms. The van der Waals surface area contributed by atoms with Crippen molar-refractivity contribution in [1.82, 2.24) is 0 Å². The predicted molar refractivity (Wildman–Crippen MR) is 103 cm³/mol. The van der Waals surface area contributed by atoms with Crippen LogP contribution in [0.1, 0.15) is 37.0 Å². The summed E-state index contributed by atoms with van der Waals surface area (Å²) >= 11 is 0. The largest absolute Gasteiger partial charge is 0.426 e. The van der Waals surface area contributed by atoms with E-state index in [1.54, 1.807) is 50.2 Å². The summed E-state index contributed by atoms with van der Waals surface area (Å²) in [6.07, 6.45) is -0.584. The van der Waals surface area contributed by atoms with Crippen LogP contribution in [0.4, 0.5) is 4.39 Å². The molecule has 0 amide bonds. The summed E-state index contributed by atoms with van der Waals surface area (Å²) < 4.78 is 19.9. The minimum Gasteiger partial charge on any atom is -0.426 e. The SMILES string of the molecule is CC(O)c1ccc(OC(=O)C(C)c2ccc(-c3ccccc3)c(F)c2)cc1. The average molecular weight is 364 g/mol. The van der Waals surface area contributed by atoms with E-state index in [0.717, 1.165) is 11.1 Å². The molecule has 2 atom stereocenters. The molecule has 0 radical (unpaired) electrons. The molecule has 2 unspecified atom stereocenters. The molecule has 3 aromatic rings. The number of carbonyl (C=O) groups excluding carboxylic acids is 1. The van der Waals surface area contributed by atoms with E-state index in [2.05, 4.69) is 0 Å². The number of hydrogen-bond donors (Lipinski definition) is 1. The number of ether oxygens (including phenoxy) is 1. The summed E-state index contributed by atoms with van der Waals surface area (Å²) in [4.78, 5) is 12.4. The molecule has 0 spiro atoms. The first-order chi connectivity index (χ1) is 13.0. The number of benzene rings is 3. The monoisotopic (exact) mass is 364 g/mol. The number of hydrogen-bond acceptors (Lipinski definition) is 3. The molecule has 3 rings (SSSR count). The maximum absolute atomic E-state index is 14.5. The van der Waals surface area contributed by atoms with Gasteiger partial charge in [-0.25, -0.2) is 4.39 Å². The highest BCUT2D eigenvalue weighted by atomic mass is 19.1. The van der Waals surface area contributed by atoms with E-state index < -0.39 is 18.0 Å². The fraction of sp³-hybridized carbons (Fsp3) is 0.174. The summed E-state index contributed by atoms with van der Waals surface area (Å²) in [5, 5.41) is 9.52. The zero-order valence-electron chi connectivity index (χ0n) is 15.2. The van der Waals surface area contributed by atoms with Crippen molar-refractivity contribution < 1.29 is 19.0 Å². The number of carbonyl (C=O) groups is 1. The van der Waals surface area contributed by atoms with Crippen LogP contribution in [0.15, 0.2) is 72.8 Å². The molecule has 0 aliphatic carbocycles. The quantitative estimate of drug-likeness (QED) is 0.496. The first-order valence-electron chi connectivity index (χ1n) is 8.80. The Bertz CT molecular complexity index is 918. The second kappa shape index (κ2) is 8.14. The van der Waals surface area contributed by atoms with Gasteiger partial charge < -0.3 is 9.84 Å². The Morgan fingerprint density at radius 2 is 1.56 bits per heavy atom. The zero-order chi connectivity index (χ0) is 19.4. The molecule has 27 heavy (non-hydrogen) atoms. The van der Waals surface area contributed by atoms with Gasteiger partial charge in [0.05, 0.1) is 12.0 Å². The van der Waals surface area contributed by atoms with E-state index >= 15 is 0 Å². The Balaban J connectivity index is 1.74. The minimum absolute atomic E-state index is 0.375. The third-order valence-electron chi connectivity index (χ3n) is 4.51.